The van der Waals surface area contributed by atoms with Gasteiger partial charge in [0.25, 0.3) is 10.2 Å². The number of aliphatic hydroxyl groups excluding tert-OH is 1. The van der Waals surface area contributed by atoms with Crippen LogP contribution in [0.15, 0.2) is 30.3 Å². The number of benzene rings is 1. The first kappa shape index (κ1) is 16.9. The van der Waals surface area contributed by atoms with Crippen molar-refractivity contribution in [2.75, 3.05) is 33.7 Å². The lowest BCUT2D eigenvalue weighted by molar-refractivity contribution is -0.131. The molecule has 1 aliphatic rings. The number of β-amino-alcohol motifs (C(OH)–C–C–N with tert-alkyl or cyclic N) is 1. The Morgan fingerprint density at radius 1 is 1.23 bits per heavy atom. The third-order valence-corrected chi connectivity index (χ3v) is 5.37. The Kier molecular flexibility index (Phi) is 5.17. The van der Waals surface area contributed by atoms with Crippen LogP contribution >= 0.6 is 0 Å². The summed E-state index contributed by atoms with van der Waals surface area (Å²) >= 11 is 0. The van der Waals surface area contributed by atoms with Gasteiger partial charge in [-0.2, -0.15) is 17.0 Å². The van der Waals surface area contributed by atoms with E-state index < -0.39 is 16.3 Å². The quantitative estimate of drug-likeness (QED) is 0.808. The van der Waals surface area contributed by atoms with Crippen LogP contribution in [0.3, 0.4) is 0 Å². The van der Waals surface area contributed by atoms with Gasteiger partial charge < -0.3 is 10.0 Å². The van der Waals surface area contributed by atoms with Gasteiger partial charge in [0, 0.05) is 33.7 Å². The first-order chi connectivity index (χ1) is 10.3. The molecule has 22 heavy (non-hydrogen) atoms. The summed E-state index contributed by atoms with van der Waals surface area (Å²) in [6, 6.07) is 9.40. The molecule has 0 aliphatic carbocycles. The van der Waals surface area contributed by atoms with Gasteiger partial charge in [0.05, 0.1) is 12.6 Å². The molecule has 0 radical (unpaired) electrons. The van der Waals surface area contributed by atoms with E-state index in [9.17, 15) is 18.3 Å². The Hall–Kier alpha value is -1.48. The fourth-order valence-electron chi connectivity index (χ4n) is 2.33. The molecule has 1 aromatic rings. The number of amides is 1. The topological polar surface area (TPSA) is 81.2 Å². The van der Waals surface area contributed by atoms with Crippen molar-refractivity contribution >= 4 is 16.1 Å². The predicted molar refractivity (Wildman–Crippen MR) is 82.0 cm³/mol. The van der Waals surface area contributed by atoms with Crippen molar-refractivity contribution < 1.29 is 18.3 Å². The Bertz CT molecular complexity index is 618. The summed E-state index contributed by atoms with van der Waals surface area (Å²) in [7, 11) is -0.923. The van der Waals surface area contributed by atoms with E-state index >= 15 is 0 Å². The first-order valence-electron chi connectivity index (χ1n) is 6.98. The maximum Gasteiger partial charge on any atom is 0.282 e. The molecule has 0 bridgehead atoms. The second-order valence-electron chi connectivity index (χ2n) is 5.50. The number of nitrogens with zero attached hydrogens (tertiary/aromatic N) is 3. The lowest BCUT2D eigenvalue weighted by Crippen LogP contribution is -2.45. The lowest BCUT2D eigenvalue weighted by Gasteiger charge is -2.23. The summed E-state index contributed by atoms with van der Waals surface area (Å²) < 4.78 is 26.4. The van der Waals surface area contributed by atoms with E-state index in [1.165, 1.54) is 19.0 Å². The van der Waals surface area contributed by atoms with E-state index in [0.717, 1.165) is 14.2 Å². The highest BCUT2D eigenvalue weighted by molar-refractivity contribution is 7.86. The van der Waals surface area contributed by atoms with Crippen LogP contribution in [0.1, 0.15) is 5.56 Å². The standard InChI is InChI=1S/C14H21N3O4S/c1-15(2)22(20,21)17-10-13(18)9-16(14(19)11-17)8-12-6-4-3-5-7-12/h3-7,13,18H,8-11H2,1-2H3. The maximum atomic E-state index is 12.3. The number of aliphatic hydroxyl groups is 1. The number of rotatable bonds is 4. The van der Waals surface area contributed by atoms with Crippen molar-refractivity contribution in [2.45, 2.75) is 12.6 Å². The third kappa shape index (κ3) is 3.83. The smallest absolute Gasteiger partial charge is 0.282 e. The highest BCUT2D eigenvalue weighted by atomic mass is 32.2. The summed E-state index contributed by atoms with van der Waals surface area (Å²) in [6.45, 7) is 0.127. The minimum Gasteiger partial charge on any atom is -0.390 e. The van der Waals surface area contributed by atoms with Crippen molar-refractivity contribution in [3.05, 3.63) is 35.9 Å². The van der Waals surface area contributed by atoms with Gasteiger partial charge in [-0.25, -0.2) is 0 Å². The summed E-state index contributed by atoms with van der Waals surface area (Å²) in [6.07, 6.45) is -0.912. The van der Waals surface area contributed by atoms with E-state index in [1.807, 2.05) is 30.3 Å². The zero-order valence-electron chi connectivity index (χ0n) is 12.7. The number of carbonyl (C=O) groups excluding carboxylic acids is 1. The molecule has 1 heterocycles. The molecule has 122 valence electrons. The van der Waals surface area contributed by atoms with E-state index in [2.05, 4.69) is 0 Å². The molecule has 8 heteroatoms. The van der Waals surface area contributed by atoms with Crippen molar-refractivity contribution in [3.63, 3.8) is 0 Å². The van der Waals surface area contributed by atoms with Gasteiger partial charge in [-0.1, -0.05) is 30.3 Å². The maximum absolute atomic E-state index is 12.3. The van der Waals surface area contributed by atoms with Crippen LogP contribution in [0.25, 0.3) is 0 Å². The van der Waals surface area contributed by atoms with Gasteiger partial charge in [-0.05, 0) is 5.56 Å². The lowest BCUT2D eigenvalue weighted by atomic mass is 10.2. The Morgan fingerprint density at radius 3 is 2.45 bits per heavy atom. The van der Waals surface area contributed by atoms with Crippen LogP contribution in [-0.4, -0.2) is 72.8 Å². The second-order valence-corrected chi connectivity index (χ2v) is 7.64. The normalized spacial score (nSPS) is 21.2. The van der Waals surface area contributed by atoms with Crippen molar-refractivity contribution in [2.24, 2.45) is 0 Å². The molecule has 2 rings (SSSR count). The van der Waals surface area contributed by atoms with Crippen LogP contribution in [0.2, 0.25) is 0 Å². The summed E-state index contributed by atoms with van der Waals surface area (Å²) in [4.78, 5) is 13.8. The highest BCUT2D eigenvalue weighted by Crippen LogP contribution is 2.14. The van der Waals surface area contributed by atoms with Crippen LogP contribution in [0.5, 0.6) is 0 Å². The largest absolute Gasteiger partial charge is 0.390 e. The molecule has 0 spiro atoms. The van der Waals surface area contributed by atoms with Crippen LogP contribution in [0, 0.1) is 0 Å². The molecule has 1 saturated heterocycles. The zero-order valence-corrected chi connectivity index (χ0v) is 13.5. The Labute approximate surface area is 130 Å². The molecule has 1 fully saturated rings. The second kappa shape index (κ2) is 6.74. The molecule has 0 aromatic heterocycles. The van der Waals surface area contributed by atoms with Crippen LogP contribution in [-0.2, 0) is 21.5 Å². The molecule has 1 amide bonds. The molecule has 1 unspecified atom stereocenters. The van der Waals surface area contributed by atoms with Crippen molar-refractivity contribution in [1.82, 2.24) is 13.5 Å². The molecule has 7 nitrogen and oxygen atoms in total. The van der Waals surface area contributed by atoms with Crippen molar-refractivity contribution in [3.8, 4) is 0 Å². The van der Waals surface area contributed by atoms with E-state index in [1.54, 1.807) is 0 Å². The summed E-state index contributed by atoms with van der Waals surface area (Å²) in [5, 5.41) is 10.1. The third-order valence-electron chi connectivity index (χ3n) is 3.51. The molecule has 1 aromatic carbocycles. The van der Waals surface area contributed by atoms with Crippen LogP contribution in [0.4, 0.5) is 0 Å². The number of hydrogen-bond donors (Lipinski definition) is 1. The van der Waals surface area contributed by atoms with Gasteiger partial charge >= 0.3 is 0 Å². The summed E-state index contributed by atoms with van der Waals surface area (Å²) in [5.74, 6) is -0.314. The minimum absolute atomic E-state index is 0.0858. The van der Waals surface area contributed by atoms with Gasteiger partial charge in [0.15, 0.2) is 0 Å². The molecule has 0 saturated carbocycles. The number of carbonyl (C=O) groups is 1. The molecule has 1 aliphatic heterocycles. The highest BCUT2D eigenvalue weighted by Gasteiger charge is 2.34. The van der Waals surface area contributed by atoms with Crippen LogP contribution < -0.4 is 0 Å². The van der Waals surface area contributed by atoms with E-state index in [0.29, 0.717) is 6.54 Å². The fraction of sp³-hybridized carbons (Fsp3) is 0.500. The SMILES string of the molecule is CN(C)S(=O)(=O)N1CC(=O)N(Cc2ccccc2)CC(O)C1. The van der Waals surface area contributed by atoms with E-state index in [-0.39, 0.29) is 25.5 Å². The first-order valence-corrected chi connectivity index (χ1v) is 8.38. The molecule has 1 atom stereocenters. The average Bonchev–Trinajstić information content (AvgIpc) is 2.59. The monoisotopic (exact) mass is 327 g/mol. The average molecular weight is 327 g/mol. The van der Waals surface area contributed by atoms with Gasteiger partial charge in [0.2, 0.25) is 5.91 Å². The van der Waals surface area contributed by atoms with E-state index in [4.69, 9.17) is 0 Å². The van der Waals surface area contributed by atoms with Gasteiger partial charge in [-0.15, -0.1) is 0 Å². The Morgan fingerprint density at radius 2 is 1.86 bits per heavy atom. The predicted octanol–water partition coefficient (Wildman–Crippen LogP) is -0.502. The summed E-state index contributed by atoms with van der Waals surface area (Å²) in [5.41, 5.74) is 0.937. The fourth-order valence-corrected chi connectivity index (χ4v) is 3.42. The van der Waals surface area contributed by atoms with Gasteiger partial charge in [-0.3, -0.25) is 4.79 Å². The molecular formula is C14H21N3O4S. The van der Waals surface area contributed by atoms with Gasteiger partial charge in [0.1, 0.15) is 0 Å². The van der Waals surface area contributed by atoms with Crippen molar-refractivity contribution in [1.29, 1.82) is 0 Å². The minimum atomic E-state index is -3.73. The number of hydrogen-bond acceptors (Lipinski definition) is 4. The zero-order chi connectivity index (χ0) is 16.3. The Balaban J connectivity index is 2.16. The molecule has 1 N–H and O–H groups in total. The molecular weight excluding hydrogens is 306 g/mol.